The number of thiazole rings is 1. The summed E-state index contributed by atoms with van der Waals surface area (Å²) in [5.41, 5.74) is 3.09. The molecule has 0 bridgehead atoms. The number of fused-ring (bicyclic) bond motifs is 1. The fraction of sp³-hybridized carbons (Fsp3) is 0.333. The average Bonchev–Trinajstić information content (AvgIpc) is 2.90. The van der Waals surface area contributed by atoms with Crippen molar-refractivity contribution in [1.82, 2.24) is 4.98 Å². The van der Waals surface area contributed by atoms with Gasteiger partial charge in [0, 0.05) is 17.4 Å². The summed E-state index contributed by atoms with van der Waals surface area (Å²) >= 11 is 1.61. The molecule has 2 aromatic rings. The van der Waals surface area contributed by atoms with Crippen LogP contribution >= 0.6 is 11.3 Å². The molecule has 1 saturated carbocycles. The average molecular weight is 268 g/mol. The minimum atomic E-state index is -0.275. The van der Waals surface area contributed by atoms with Crippen LogP contribution in [0.5, 0.6) is 5.75 Å². The summed E-state index contributed by atoms with van der Waals surface area (Å²) in [6, 6.07) is 8.64. The van der Waals surface area contributed by atoms with Gasteiger partial charge in [0.25, 0.3) is 0 Å². The molecule has 1 aliphatic carbocycles. The second-order valence-corrected chi connectivity index (χ2v) is 6.01. The zero-order chi connectivity index (χ0) is 12.9. The van der Waals surface area contributed by atoms with Crippen LogP contribution in [0, 0.1) is 11.3 Å². The van der Waals surface area contributed by atoms with E-state index in [1.807, 2.05) is 6.07 Å². The van der Waals surface area contributed by atoms with Crippen LogP contribution in [0.25, 0.3) is 11.3 Å². The second kappa shape index (κ2) is 3.82. The van der Waals surface area contributed by atoms with Crippen LogP contribution in [-0.2, 0) is 11.8 Å². The van der Waals surface area contributed by atoms with Crippen LogP contribution in [0.3, 0.4) is 0 Å². The summed E-state index contributed by atoms with van der Waals surface area (Å²) in [7, 11) is 0. The molecule has 2 heterocycles. The van der Waals surface area contributed by atoms with Crippen molar-refractivity contribution in [2.75, 3.05) is 6.61 Å². The van der Waals surface area contributed by atoms with Crippen molar-refractivity contribution < 1.29 is 4.74 Å². The van der Waals surface area contributed by atoms with Gasteiger partial charge >= 0.3 is 0 Å². The van der Waals surface area contributed by atoms with E-state index in [0.29, 0.717) is 0 Å². The Kier molecular flexibility index (Phi) is 2.21. The molecule has 1 aliphatic heterocycles. The van der Waals surface area contributed by atoms with E-state index < -0.39 is 0 Å². The highest BCUT2D eigenvalue weighted by molar-refractivity contribution is 7.10. The summed E-state index contributed by atoms with van der Waals surface area (Å²) in [5, 5.41) is 12.3. The molecule has 0 radical (unpaired) electrons. The maximum absolute atomic E-state index is 9.22. The van der Waals surface area contributed by atoms with Crippen molar-refractivity contribution in [3.8, 4) is 23.1 Å². The van der Waals surface area contributed by atoms with Gasteiger partial charge in [-0.15, -0.1) is 11.3 Å². The van der Waals surface area contributed by atoms with Crippen molar-refractivity contribution >= 4 is 11.3 Å². The third-order valence-corrected chi connectivity index (χ3v) is 4.91. The number of ether oxygens (including phenoxy) is 1. The van der Waals surface area contributed by atoms with Crippen LogP contribution in [0.1, 0.15) is 23.4 Å². The highest BCUT2D eigenvalue weighted by Crippen LogP contribution is 2.49. The number of nitriles is 1. The van der Waals surface area contributed by atoms with Crippen molar-refractivity contribution in [3.05, 3.63) is 34.2 Å². The quantitative estimate of drug-likeness (QED) is 0.839. The number of rotatable bonds is 2. The smallest absolute Gasteiger partial charge is 0.122 e. The first-order chi connectivity index (χ1) is 9.31. The van der Waals surface area contributed by atoms with Crippen LogP contribution < -0.4 is 4.74 Å². The standard InChI is InChI=1S/C15H12N2OS/c16-9-15(4-5-15)14-17-12(8-19-14)10-1-2-13-11(7-10)3-6-18-13/h1-2,7-8H,3-6H2. The largest absolute Gasteiger partial charge is 0.493 e. The normalized spacial score (nSPS) is 18.5. The van der Waals surface area contributed by atoms with Gasteiger partial charge in [-0.25, -0.2) is 4.98 Å². The molecule has 4 rings (SSSR count). The maximum atomic E-state index is 9.22. The molecule has 0 amide bonds. The van der Waals surface area contributed by atoms with E-state index in [9.17, 15) is 5.26 Å². The number of hydrogen-bond donors (Lipinski definition) is 0. The lowest BCUT2D eigenvalue weighted by molar-refractivity contribution is 0.357. The van der Waals surface area contributed by atoms with Gasteiger partial charge in [-0.05, 0) is 36.6 Å². The van der Waals surface area contributed by atoms with Gasteiger partial charge < -0.3 is 4.74 Å². The van der Waals surface area contributed by atoms with E-state index in [4.69, 9.17) is 4.74 Å². The minimum Gasteiger partial charge on any atom is -0.493 e. The first-order valence-corrected chi connectivity index (χ1v) is 7.32. The predicted molar refractivity (Wildman–Crippen MR) is 73.3 cm³/mol. The molecular weight excluding hydrogens is 256 g/mol. The highest BCUT2D eigenvalue weighted by Gasteiger charge is 2.47. The van der Waals surface area contributed by atoms with Crippen molar-refractivity contribution in [2.45, 2.75) is 24.7 Å². The Morgan fingerprint density at radius 3 is 3.05 bits per heavy atom. The van der Waals surface area contributed by atoms with E-state index in [2.05, 4.69) is 28.6 Å². The van der Waals surface area contributed by atoms with Gasteiger partial charge in [0.1, 0.15) is 16.2 Å². The number of nitrogens with zero attached hydrogens (tertiary/aromatic N) is 2. The third kappa shape index (κ3) is 1.66. The van der Waals surface area contributed by atoms with Crippen molar-refractivity contribution in [3.63, 3.8) is 0 Å². The minimum absolute atomic E-state index is 0.275. The lowest BCUT2D eigenvalue weighted by atomic mass is 10.1. The molecular formula is C15H12N2OS. The summed E-state index contributed by atoms with van der Waals surface area (Å²) in [5.74, 6) is 0.995. The first kappa shape index (κ1) is 11.0. The van der Waals surface area contributed by atoms with Gasteiger partial charge in [-0.2, -0.15) is 5.26 Å². The highest BCUT2D eigenvalue weighted by atomic mass is 32.1. The van der Waals surface area contributed by atoms with E-state index >= 15 is 0 Å². The van der Waals surface area contributed by atoms with Gasteiger partial charge in [-0.3, -0.25) is 0 Å². The van der Waals surface area contributed by atoms with Crippen LogP contribution in [0.15, 0.2) is 23.6 Å². The molecule has 4 heteroatoms. The Bertz CT molecular complexity index is 694. The van der Waals surface area contributed by atoms with E-state index in [0.717, 1.165) is 47.9 Å². The molecule has 0 spiro atoms. The van der Waals surface area contributed by atoms with Crippen molar-refractivity contribution in [1.29, 1.82) is 5.26 Å². The Balaban J connectivity index is 1.72. The number of benzene rings is 1. The Morgan fingerprint density at radius 2 is 2.26 bits per heavy atom. The van der Waals surface area contributed by atoms with Gasteiger partial charge in [0.2, 0.25) is 0 Å². The monoisotopic (exact) mass is 268 g/mol. The molecule has 0 unspecified atom stereocenters. The first-order valence-electron chi connectivity index (χ1n) is 6.44. The van der Waals surface area contributed by atoms with Crippen molar-refractivity contribution in [2.24, 2.45) is 0 Å². The lowest BCUT2D eigenvalue weighted by Crippen LogP contribution is -2.01. The van der Waals surface area contributed by atoms with Crippen LogP contribution in [0.4, 0.5) is 0 Å². The van der Waals surface area contributed by atoms with E-state index in [1.165, 1.54) is 5.56 Å². The third-order valence-electron chi connectivity index (χ3n) is 3.86. The number of hydrogen-bond acceptors (Lipinski definition) is 4. The van der Waals surface area contributed by atoms with Gasteiger partial charge in [-0.1, -0.05) is 0 Å². The Morgan fingerprint density at radius 1 is 1.37 bits per heavy atom. The summed E-state index contributed by atoms with van der Waals surface area (Å²) < 4.78 is 5.52. The van der Waals surface area contributed by atoms with Gasteiger partial charge in [0.05, 0.1) is 18.4 Å². The fourth-order valence-electron chi connectivity index (χ4n) is 2.47. The van der Waals surface area contributed by atoms with Gasteiger partial charge in [0.15, 0.2) is 0 Å². The molecule has 0 N–H and O–H groups in total. The maximum Gasteiger partial charge on any atom is 0.122 e. The summed E-state index contributed by atoms with van der Waals surface area (Å²) in [6.07, 6.45) is 2.88. The molecule has 1 aromatic carbocycles. The van der Waals surface area contributed by atoms with E-state index in [-0.39, 0.29) is 5.41 Å². The molecule has 19 heavy (non-hydrogen) atoms. The Hall–Kier alpha value is -1.86. The molecule has 94 valence electrons. The topological polar surface area (TPSA) is 45.9 Å². The fourth-order valence-corrected chi connectivity index (χ4v) is 3.51. The molecule has 3 nitrogen and oxygen atoms in total. The molecule has 1 aromatic heterocycles. The molecule has 2 aliphatic rings. The van der Waals surface area contributed by atoms with E-state index in [1.54, 1.807) is 11.3 Å². The Labute approximate surface area is 115 Å². The molecule has 0 atom stereocenters. The summed E-state index contributed by atoms with van der Waals surface area (Å²) in [4.78, 5) is 4.67. The van der Waals surface area contributed by atoms with Crippen LogP contribution in [0.2, 0.25) is 0 Å². The zero-order valence-corrected chi connectivity index (χ0v) is 11.2. The second-order valence-electron chi connectivity index (χ2n) is 5.15. The lowest BCUT2D eigenvalue weighted by Gasteiger charge is -2.02. The zero-order valence-electron chi connectivity index (χ0n) is 10.3. The predicted octanol–water partition coefficient (Wildman–Crippen LogP) is 3.30. The van der Waals surface area contributed by atoms with Crippen LogP contribution in [-0.4, -0.2) is 11.6 Å². The summed E-state index contributed by atoms with van der Waals surface area (Å²) in [6.45, 7) is 0.776. The SMILES string of the molecule is N#CC1(c2nc(-c3ccc4c(c3)CCO4)cs2)CC1. The number of aromatic nitrogens is 1. The molecule has 0 saturated heterocycles. The molecule has 1 fully saturated rings.